The summed E-state index contributed by atoms with van der Waals surface area (Å²) in [5, 5.41) is 0. The van der Waals surface area contributed by atoms with Gasteiger partial charge in [-0.05, 0) is 6.42 Å². The molecular formula is C9H17F3NO4S2-. The first-order chi connectivity index (χ1) is 8.52. The van der Waals surface area contributed by atoms with Crippen LogP contribution < -0.4 is 0 Å². The highest BCUT2D eigenvalue weighted by Crippen LogP contribution is 2.30. The van der Waals surface area contributed by atoms with Gasteiger partial charge in [0, 0.05) is 5.75 Å². The van der Waals surface area contributed by atoms with Crippen molar-refractivity contribution in [2.45, 2.75) is 51.0 Å². The molecule has 19 heavy (non-hydrogen) atoms. The Labute approximate surface area is 111 Å². The van der Waals surface area contributed by atoms with Crippen molar-refractivity contribution in [1.29, 1.82) is 0 Å². The summed E-state index contributed by atoms with van der Waals surface area (Å²) in [5.41, 5.74) is -5.68. The van der Waals surface area contributed by atoms with E-state index in [-0.39, 0.29) is 6.42 Å². The standard InChI is InChI=1S/C9H17F3NO4S2/c1-2-3-4-5-6-7-8-18(14,15)13-19(16,17)9(10,11)12/h2-8H2,1H3/q-1. The largest absolute Gasteiger partial charge is 0.480 e. The maximum Gasteiger partial charge on any atom is 0.480 e. The molecule has 0 bridgehead atoms. The van der Waals surface area contributed by atoms with Gasteiger partial charge in [0.05, 0.1) is 10.0 Å². The molecule has 0 atom stereocenters. The zero-order valence-electron chi connectivity index (χ0n) is 10.5. The van der Waals surface area contributed by atoms with Crippen LogP contribution in [-0.2, 0) is 20.0 Å². The molecule has 0 aliphatic rings. The van der Waals surface area contributed by atoms with Crippen molar-refractivity contribution < 1.29 is 30.0 Å². The summed E-state index contributed by atoms with van der Waals surface area (Å²) in [4.78, 5) is 0. The molecule has 0 heterocycles. The average molecular weight is 324 g/mol. The van der Waals surface area contributed by atoms with E-state index >= 15 is 0 Å². The first kappa shape index (κ1) is 18.7. The Bertz CT molecular complexity index is 456. The summed E-state index contributed by atoms with van der Waals surface area (Å²) in [7, 11) is -10.6. The van der Waals surface area contributed by atoms with E-state index in [4.69, 9.17) is 0 Å². The van der Waals surface area contributed by atoms with Gasteiger partial charge in [0.15, 0.2) is 10.0 Å². The number of nitrogens with zero attached hydrogens (tertiary/aromatic N) is 1. The Kier molecular flexibility index (Phi) is 7.30. The zero-order valence-corrected chi connectivity index (χ0v) is 12.1. The predicted molar refractivity (Wildman–Crippen MR) is 65.5 cm³/mol. The molecule has 0 saturated heterocycles. The topological polar surface area (TPSA) is 82.4 Å². The fourth-order valence-electron chi connectivity index (χ4n) is 1.29. The average Bonchev–Trinajstić information content (AvgIpc) is 2.20. The molecule has 0 saturated carbocycles. The quantitative estimate of drug-likeness (QED) is 0.611. The molecule has 10 heteroatoms. The molecule has 0 rings (SSSR count). The lowest BCUT2D eigenvalue weighted by Crippen LogP contribution is -2.25. The summed E-state index contributed by atoms with van der Waals surface area (Å²) >= 11 is 0. The Morgan fingerprint density at radius 3 is 1.84 bits per heavy atom. The van der Waals surface area contributed by atoms with Crippen molar-refractivity contribution in [2.75, 3.05) is 5.75 Å². The van der Waals surface area contributed by atoms with E-state index in [9.17, 15) is 30.0 Å². The van der Waals surface area contributed by atoms with Gasteiger partial charge < -0.3 is 4.13 Å². The molecule has 0 fully saturated rings. The van der Waals surface area contributed by atoms with E-state index in [1.54, 1.807) is 0 Å². The van der Waals surface area contributed by atoms with Crippen LogP contribution in [0.5, 0.6) is 0 Å². The van der Waals surface area contributed by atoms with Crippen LogP contribution in [0.3, 0.4) is 0 Å². The van der Waals surface area contributed by atoms with E-state index in [1.807, 2.05) is 11.1 Å². The molecule has 5 nitrogen and oxygen atoms in total. The summed E-state index contributed by atoms with van der Waals surface area (Å²) in [6, 6.07) is 0. The van der Waals surface area contributed by atoms with Gasteiger partial charge in [0.2, 0.25) is 0 Å². The van der Waals surface area contributed by atoms with Crippen LogP contribution >= 0.6 is 0 Å². The minimum absolute atomic E-state index is 0.100. The van der Waals surface area contributed by atoms with Crippen molar-refractivity contribution in [1.82, 2.24) is 0 Å². The third-order valence-electron chi connectivity index (χ3n) is 2.26. The molecule has 0 radical (unpaired) electrons. The molecule has 0 aromatic rings. The number of alkyl halides is 3. The van der Waals surface area contributed by atoms with Crippen molar-refractivity contribution in [3.8, 4) is 0 Å². The number of sulfonamides is 2. The second-order valence-electron chi connectivity index (χ2n) is 4.05. The lowest BCUT2D eigenvalue weighted by Gasteiger charge is -2.21. The SMILES string of the molecule is CCCCCCCCS(=O)(=O)[N-]S(=O)(=O)C(F)(F)F. The smallest absolute Gasteiger partial charge is 0.428 e. The maximum absolute atomic E-state index is 11.9. The highest BCUT2D eigenvalue weighted by atomic mass is 32.3. The van der Waals surface area contributed by atoms with Gasteiger partial charge in [0.1, 0.15) is 0 Å². The van der Waals surface area contributed by atoms with Crippen LogP contribution in [0.1, 0.15) is 45.4 Å². The fourth-order valence-corrected chi connectivity index (χ4v) is 3.69. The van der Waals surface area contributed by atoms with Crippen LogP contribution in [0.4, 0.5) is 13.2 Å². The van der Waals surface area contributed by atoms with Crippen molar-refractivity contribution >= 4 is 20.0 Å². The van der Waals surface area contributed by atoms with E-state index in [0.29, 0.717) is 6.42 Å². The first-order valence-corrected chi connectivity index (χ1v) is 8.85. The van der Waals surface area contributed by atoms with Crippen LogP contribution in [0.2, 0.25) is 0 Å². The number of hydrogen-bond acceptors (Lipinski definition) is 4. The molecule has 0 aromatic carbocycles. The monoisotopic (exact) mass is 324 g/mol. The third kappa shape index (κ3) is 7.73. The summed E-state index contributed by atoms with van der Waals surface area (Å²) in [6.07, 6.45) is 4.30. The Hall–Kier alpha value is -0.350. The molecule has 0 amide bonds. The number of halogens is 3. The maximum atomic E-state index is 11.9. The Morgan fingerprint density at radius 1 is 0.895 bits per heavy atom. The van der Waals surface area contributed by atoms with Gasteiger partial charge >= 0.3 is 5.51 Å². The van der Waals surface area contributed by atoms with E-state index in [1.165, 1.54) is 0 Å². The summed E-state index contributed by atoms with van der Waals surface area (Å²) in [6.45, 7) is 2.01. The molecule has 0 unspecified atom stereocenters. The summed E-state index contributed by atoms with van der Waals surface area (Å²) < 4.78 is 81.2. The van der Waals surface area contributed by atoms with Gasteiger partial charge in [-0.1, -0.05) is 39.0 Å². The minimum atomic E-state index is -5.97. The molecule has 0 aliphatic carbocycles. The molecular weight excluding hydrogens is 307 g/mol. The molecule has 0 N–H and O–H groups in total. The lowest BCUT2D eigenvalue weighted by molar-refractivity contribution is -0.0425. The fraction of sp³-hybridized carbons (Fsp3) is 1.00. The van der Waals surface area contributed by atoms with Crippen LogP contribution in [0.25, 0.3) is 4.13 Å². The number of unbranched alkanes of at least 4 members (excludes halogenated alkanes) is 5. The van der Waals surface area contributed by atoms with E-state index in [0.717, 1.165) is 25.7 Å². The van der Waals surface area contributed by atoms with E-state index < -0.39 is 31.3 Å². The van der Waals surface area contributed by atoms with Gasteiger partial charge in [-0.3, -0.25) is 0 Å². The molecule has 0 aromatic heterocycles. The molecule has 116 valence electrons. The lowest BCUT2D eigenvalue weighted by atomic mass is 10.1. The van der Waals surface area contributed by atoms with Crippen molar-refractivity contribution in [3.63, 3.8) is 0 Å². The third-order valence-corrected chi connectivity index (χ3v) is 5.34. The van der Waals surface area contributed by atoms with Gasteiger partial charge in [-0.15, -0.1) is 0 Å². The minimum Gasteiger partial charge on any atom is -0.428 e. The zero-order chi connectivity index (χ0) is 15.2. The number of rotatable bonds is 9. The molecule has 0 aliphatic heterocycles. The van der Waals surface area contributed by atoms with Gasteiger partial charge in [-0.2, -0.15) is 13.2 Å². The normalized spacial score (nSPS) is 13.7. The van der Waals surface area contributed by atoms with Crippen LogP contribution in [-0.4, -0.2) is 28.1 Å². The van der Waals surface area contributed by atoms with Crippen molar-refractivity contribution in [3.05, 3.63) is 4.13 Å². The molecule has 0 spiro atoms. The number of hydrogen-bond donors (Lipinski definition) is 0. The Balaban J connectivity index is 4.21. The Morgan fingerprint density at radius 2 is 1.37 bits per heavy atom. The highest BCUT2D eigenvalue weighted by molar-refractivity contribution is 8.12. The van der Waals surface area contributed by atoms with Crippen LogP contribution in [0.15, 0.2) is 0 Å². The highest BCUT2D eigenvalue weighted by Gasteiger charge is 2.40. The predicted octanol–water partition coefficient (Wildman–Crippen LogP) is 2.90. The van der Waals surface area contributed by atoms with Crippen LogP contribution in [0, 0.1) is 0 Å². The van der Waals surface area contributed by atoms with Gasteiger partial charge in [0.25, 0.3) is 0 Å². The van der Waals surface area contributed by atoms with Gasteiger partial charge in [-0.25, -0.2) is 16.8 Å². The van der Waals surface area contributed by atoms with E-state index in [2.05, 4.69) is 0 Å². The summed E-state index contributed by atoms with van der Waals surface area (Å²) in [5.74, 6) is -0.686. The second-order valence-corrected chi connectivity index (χ2v) is 7.63. The van der Waals surface area contributed by atoms with Crippen molar-refractivity contribution in [2.24, 2.45) is 0 Å². The first-order valence-electron chi connectivity index (χ1n) is 5.80. The second kappa shape index (κ2) is 7.44.